The van der Waals surface area contributed by atoms with E-state index in [1.807, 2.05) is 43.3 Å². The van der Waals surface area contributed by atoms with Gasteiger partial charge in [0.1, 0.15) is 18.0 Å². The van der Waals surface area contributed by atoms with E-state index < -0.39 is 11.6 Å². The molecule has 2 aliphatic carbocycles. The van der Waals surface area contributed by atoms with Gasteiger partial charge in [-0.3, -0.25) is 4.79 Å². The number of aromatic amines is 1. The minimum absolute atomic E-state index is 0.0326. The highest BCUT2D eigenvalue weighted by Gasteiger charge is 2.52. The molecule has 3 atom stereocenters. The van der Waals surface area contributed by atoms with Gasteiger partial charge in [-0.2, -0.15) is 0 Å². The average molecular weight is 573 g/mol. The van der Waals surface area contributed by atoms with Crippen LogP contribution in [0.3, 0.4) is 0 Å². The standard InChI is InChI=1S/C32H40N6O4/c1-3-24-18-38(30(40)34-24)32(29(39)33-2)16-22-14-25-26(15-23(22)17-32)36-28(35-25)27(21-12-8-5-9-13-21)37-31(41)42-19-20-10-6-4-7-11-20/h4,6-7,10-11,14-15,21,24,27H,3,5,8-9,12-13,16-19H2,1-2H3,(H,33,39)(H,34,40)(H,35,36)(H,37,41)/t24-,27+/m1/s1. The SMILES string of the molecule is CC[C@@H]1CN(C2(C(=O)NC)Cc3cc4nc([C@@H](NC(=O)OCc5ccccc5)C5CCCCC5)[nH]c4cc3C2)C(=O)N1. The van der Waals surface area contributed by atoms with Crippen molar-refractivity contribution in [2.75, 3.05) is 13.6 Å². The Hall–Kier alpha value is -4.08. The van der Waals surface area contributed by atoms with Gasteiger partial charge in [-0.05, 0) is 54.0 Å². The van der Waals surface area contributed by atoms with E-state index in [2.05, 4.69) is 27.0 Å². The number of H-pyrrole nitrogens is 1. The number of hydrogen-bond donors (Lipinski definition) is 4. The van der Waals surface area contributed by atoms with E-state index in [0.717, 1.165) is 65.7 Å². The van der Waals surface area contributed by atoms with Crippen molar-refractivity contribution in [1.29, 1.82) is 0 Å². The van der Waals surface area contributed by atoms with Gasteiger partial charge >= 0.3 is 12.1 Å². The van der Waals surface area contributed by atoms with Crippen molar-refractivity contribution >= 4 is 29.1 Å². The fourth-order valence-corrected chi connectivity index (χ4v) is 7.01. The van der Waals surface area contributed by atoms with Crippen LogP contribution in [0.2, 0.25) is 0 Å². The number of urea groups is 1. The Balaban J connectivity index is 1.25. The summed E-state index contributed by atoms with van der Waals surface area (Å²) in [5.74, 6) is 0.828. The number of rotatable bonds is 8. The van der Waals surface area contributed by atoms with Crippen molar-refractivity contribution in [3.63, 3.8) is 0 Å². The lowest BCUT2D eigenvalue weighted by molar-refractivity contribution is -0.130. The van der Waals surface area contributed by atoms with Crippen molar-refractivity contribution in [2.24, 2.45) is 5.92 Å². The zero-order valence-corrected chi connectivity index (χ0v) is 24.4. The monoisotopic (exact) mass is 572 g/mol. The molecule has 4 amide bonds. The molecule has 2 heterocycles. The second kappa shape index (κ2) is 11.7. The molecule has 4 N–H and O–H groups in total. The van der Waals surface area contributed by atoms with Crippen molar-refractivity contribution in [3.8, 4) is 0 Å². The third-order valence-electron chi connectivity index (χ3n) is 9.32. The van der Waals surface area contributed by atoms with E-state index in [1.54, 1.807) is 11.9 Å². The third kappa shape index (κ3) is 5.30. The average Bonchev–Trinajstić information content (AvgIpc) is 3.72. The maximum Gasteiger partial charge on any atom is 0.408 e. The molecule has 2 fully saturated rings. The molecule has 2 aromatic carbocycles. The summed E-state index contributed by atoms with van der Waals surface area (Å²) in [6.45, 7) is 2.75. The predicted molar refractivity (Wildman–Crippen MR) is 159 cm³/mol. The van der Waals surface area contributed by atoms with Gasteiger partial charge in [0.15, 0.2) is 0 Å². The van der Waals surface area contributed by atoms with Crippen LogP contribution in [-0.2, 0) is 29.0 Å². The van der Waals surface area contributed by atoms with Gasteiger partial charge in [0, 0.05) is 32.5 Å². The molecule has 1 saturated carbocycles. The number of imidazole rings is 1. The first-order valence-electron chi connectivity index (χ1n) is 15.2. The zero-order chi connectivity index (χ0) is 29.3. The molecule has 42 heavy (non-hydrogen) atoms. The highest BCUT2D eigenvalue weighted by Crippen LogP contribution is 2.40. The first kappa shape index (κ1) is 28.1. The molecular formula is C32H40N6O4. The molecule has 1 unspecified atom stereocenters. The maximum absolute atomic E-state index is 13.3. The number of nitrogens with zero attached hydrogens (tertiary/aromatic N) is 2. The highest BCUT2D eigenvalue weighted by molar-refractivity contribution is 5.94. The lowest BCUT2D eigenvalue weighted by Gasteiger charge is -2.36. The summed E-state index contributed by atoms with van der Waals surface area (Å²) >= 11 is 0. The zero-order valence-electron chi connectivity index (χ0n) is 24.4. The summed E-state index contributed by atoms with van der Waals surface area (Å²) in [5.41, 5.74) is 3.65. The van der Waals surface area contributed by atoms with Gasteiger partial charge in [-0.15, -0.1) is 0 Å². The minimum atomic E-state index is -0.971. The number of alkyl carbamates (subject to hydrolysis) is 1. The van der Waals surface area contributed by atoms with E-state index in [0.29, 0.717) is 19.4 Å². The Kier molecular flexibility index (Phi) is 7.79. The number of amides is 4. The van der Waals surface area contributed by atoms with Crippen molar-refractivity contribution in [3.05, 3.63) is 65.0 Å². The Morgan fingerprint density at radius 1 is 1.12 bits per heavy atom. The van der Waals surface area contributed by atoms with Crippen molar-refractivity contribution in [1.82, 2.24) is 30.8 Å². The van der Waals surface area contributed by atoms with Crippen LogP contribution in [0.1, 0.15) is 74.0 Å². The molecule has 1 aliphatic heterocycles. The van der Waals surface area contributed by atoms with Gasteiger partial charge < -0.3 is 30.6 Å². The van der Waals surface area contributed by atoms with Crippen LogP contribution in [0, 0.1) is 5.92 Å². The summed E-state index contributed by atoms with van der Waals surface area (Å²) in [6.07, 6.45) is 6.71. The highest BCUT2D eigenvalue weighted by atomic mass is 16.5. The number of aromatic nitrogens is 2. The molecule has 6 rings (SSSR count). The van der Waals surface area contributed by atoms with Crippen LogP contribution in [0.4, 0.5) is 9.59 Å². The lowest BCUT2D eigenvalue weighted by atomic mass is 9.83. The number of benzene rings is 2. The van der Waals surface area contributed by atoms with Crippen molar-refractivity contribution < 1.29 is 19.1 Å². The molecule has 3 aliphatic rings. The molecule has 0 spiro atoms. The molecular weight excluding hydrogens is 532 g/mol. The first-order valence-corrected chi connectivity index (χ1v) is 15.2. The largest absolute Gasteiger partial charge is 0.445 e. The first-order chi connectivity index (χ1) is 20.4. The van der Waals surface area contributed by atoms with Gasteiger partial charge in [0.05, 0.1) is 17.1 Å². The van der Waals surface area contributed by atoms with Gasteiger partial charge in [-0.1, -0.05) is 56.5 Å². The fraction of sp³-hybridized carbons (Fsp3) is 0.500. The molecule has 0 bridgehead atoms. The molecule has 1 saturated heterocycles. The molecule has 10 heteroatoms. The van der Waals surface area contributed by atoms with Crippen molar-refractivity contribution in [2.45, 2.75) is 82.5 Å². The number of carbonyl (C=O) groups is 3. The number of carbonyl (C=O) groups excluding carboxylic acids is 3. The summed E-state index contributed by atoms with van der Waals surface area (Å²) in [6, 6.07) is 13.3. The summed E-state index contributed by atoms with van der Waals surface area (Å²) in [4.78, 5) is 49.4. The van der Waals surface area contributed by atoms with E-state index in [1.165, 1.54) is 6.42 Å². The van der Waals surface area contributed by atoms with E-state index in [-0.39, 0.29) is 36.5 Å². The molecule has 10 nitrogen and oxygen atoms in total. The molecule has 0 radical (unpaired) electrons. The fourth-order valence-electron chi connectivity index (χ4n) is 7.01. The molecule has 1 aromatic heterocycles. The topological polar surface area (TPSA) is 128 Å². The van der Waals surface area contributed by atoms with E-state index in [4.69, 9.17) is 9.72 Å². The summed E-state index contributed by atoms with van der Waals surface area (Å²) < 4.78 is 5.57. The molecule has 3 aromatic rings. The molecule has 222 valence electrons. The lowest BCUT2D eigenvalue weighted by Crippen LogP contribution is -2.60. The smallest absolute Gasteiger partial charge is 0.408 e. The Morgan fingerprint density at radius 2 is 1.86 bits per heavy atom. The predicted octanol–water partition coefficient (Wildman–Crippen LogP) is 4.50. The van der Waals surface area contributed by atoms with Gasteiger partial charge in [-0.25, -0.2) is 14.6 Å². The van der Waals surface area contributed by atoms with Crippen LogP contribution in [0.15, 0.2) is 42.5 Å². The Morgan fingerprint density at radius 3 is 2.55 bits per heavy atom. The van der Waals surface area contributed by atoms with E-state index in [9.17, 15) is 14.4 Å². The summed E-state index contributed by atoms with van der Waals surface area (Å²) in [5, 5.41) is 8.95. The third-order valence-corrected chi connectivity index (χ3v) is 9.32. The number of nitrogens with one attached hydrogen (secondary N) is 4. The van der Waals surface area contributed by atoms with Crippen LogP contribution >= 0.6 is 0 Å². The van der Waals surface area contributed by atoms with Crippen LogP contribution < -0.4 is 16.0 Å². The van der Waals surface area contributed by atoms with Crippen LogP contribution in [0.5, 0.6) is 0 Å². The number of ether oxygens (including phenoxy) is 1. The number of fused-ring (bicyclic) bond motifs is 2. The second-order valence-electron chi connectivity index (χ2n) is 12.0. The minimum Gasteiger partial charge on any atom is -0.445 e. The Bertz CT molecular complexity index is 1420. The quantitative estimate of drug-likeness (QED) is 0.316. The van der Waals surface area contributed by atoms with Crippen LogP contribution in [0.25, 0.3) is 11.0 Å². The Labute approximate surface area is 246 Å². The summed E-state index contributed by atoms with van der Waals surface area (Å²) in [7, 11) is 1.62. The second-order valence-corrected chi connectivity index (χ2v) is 12.0. The van der Waals surface area contributed by atoms with Gasteiger partial charge in [0.25, 0.3) is 0 Å². The maximum atomic E-state index is 13.3. The normalized spacial score (nSPS) is 20.7. The van der Waals surface area contributed by atoms with E-state index >= 15 is 0 Å². The number of likely N-dealkylation sites (N-methyl/N-ethyl adjacent to an activating group) is 1. The van der Waals surface area contributed by atoms with Gasteiger partial charge in [0.2, 0.25) is 5.91 Å². The van der Waals surface area contributed by atoms with Crippen LogP contribution in [-0.4, -0.2) is 58.1 Å². The number of hydrogen-bond acceptors (Lipinski definition) is 5.